The largest absolute Gasteiger partial charge is 1.00 e. The maximum Gasteiger partial charge on any atom is 0.337 e. The second kappa shape index (κ2) is 11.3. The zero-order chi connectivity index (χ0) is 14.9. The summed E-state index contributed by atoms with van der Waals surface area (Å²) in [6.45, 7) is 17.1. The molecule has 3 nitrogen and oxygen atoms in total. The van der Waals surface area contributed by atoms with Crippen molar-refractivity contribution in [1.82, 2.24) is 0 Å². The highest BCUT2D eigenvalue weighted by molar-refractivity contribution is 5.86. The Bertz CT molecular complexity index is 280. The summed E-state index contributed by atoms with van der Waals surface area (Å²) >= 11 is 0. The van der Waals surface area contributed by atoms with E-state index in [1.165, 1.54) is 12.8 Å². The molecule has 0 saturated heterocycles. The van der Waals surface area contributed by atoms with E-state index in [0.717, 1.165) is 37.0 Å². The van der Waals surface area contributed by atoms with Gasteiger partial charge in [-0.1, -0.05) is 26.3 Å². The van der Waals surface area contributed by atoms with E-state index >= 15 is 0 Å². The number of hydrogen-bond donors (Lipinski definition) is 0. The van der Waals surface area contributed by atoms with E-state index in [1.54, 1.807) is 6.92 Å². The van der Waals surface area contributed by atoms with Crippen LogP contribution in [0.25, 0.3) is 0 Å². The first kappa shape index (κ1) is 21.9. The van der Waals surface area contributed by atoms with Crippen LogP contribution in [0.5, 0.6) is 0 Å². The van der Waals surface area contributed by atoms with Crippen LogP contribution >= 0.6 is 0 Å². The second-order valence-corrected chi connectivity index (χ2v) is 5.30. The molecule has 1 unspecified atom stereocenters. The summed E-state index contributed by atoms with van der Waals surface area (Å²) in [5.41, 5.74) is 0.488. The van der Waals surface area contributed by atoms with E-state index < -0.39 is 0 Å². The Balaban J connectivity index is 0. The van der Waals surface area contributed by atoms with Gasteiger partial charge in [0, 0.05) is 12.0 Å². The molecule has 0 amide bonds. The molecule has 0 heterocycles. The lowest BCUT2D eigenvalue weighted by Gasteiger charge is -2.41. The number of halogens is 1. The molecule has 0 aliphatic rings. The summed E-state index contributed by atoms with van der Waals surface area (Å²) in [5.74, 6) is -0.251. The number of ether oxygens (including phenoxy) is 1. The van der Waals surface area contributed by atoms with Gasteiger partial charge >= 0.3 is 5.97 Å². The van der Waals surface area contributed by atoms with Crippen LogP contribution in [0.3, 0.4) is 0 Å². The molecule has 0 N–H and O–H groups in total. The molecule has 0 spiro atoms. The molecular weight excluding hydrogens is 318 g/mol. The molecule has 0 fully saturated rings. The van der Waals surface area contributed by atoms with E-state index in [9.17, 15) is 4.79 Å². The summed E-state index contributed by atoms with van der Waals surface area (Å²) in [4.78, 5) is 11.8. The van der Waals surface area contributed by atoms with Gasteiger partial charge in [-0.15, -0.1) is 0 Å². The Labute approximate surface area is 135 Å². The summed E-state index contributed by atoms with van der Waals surface area (Å²) < 4.78 is 6.58. The molecular formula is C16H32BrNO2. The van der Waals surface area contributed by atoms with Crippen LogP contribution in [0.1, 0.15) is 60.3 Å². The van der Waals surface area contributed by atoms with Crippen molar-refractivity contribution in [2.45, 2.75) is 66.5 Å². The molecule has 0 radical (unpaired) electrons. The Kier molecular flexibility index (Phi) is 12.4. The van der Waals surface area contributed by atoms with Crippen LogP contribution in [-0.4, -0.2) is 36.3 Å². The van der Waals surface area contributed by atoms with Crippen LogP contribution in [0, 0.1) is 0 Å². The Morgan fingerprint density at radius 1 is 1.10 bits per heavy atom. The van der Waals surface area contributed by atoms with Gasteiger partial charge in [0.05, 0.1) is 19.6 Å². The van der Waals surface area contributed by atoms with E-state index in [4.69, 9.17) is 4.74 Å². The molecule has 4 heteroatoms. The maximum absolute atomic E-state index is 11.8. The van der Waals surface area contributed by atoms with E-state index in [0.29, 0.717) is 5.57 Å². The van der Waals surface area contributed by atoms with Crippen LogP contribution in [0.15, 0.2) is 12.2 Å². The van der Waals surface area contributed by atoms with Gasteiger partial charge in [0.15, 0.2) is 0 Å². The number of hydrogen-bond acceptors (Lipinski definition) is 2. The maximum atomic E-state index is 11.8. The zero-order valence-corrected chi connectivity index (χ0v) is 15.5. The minimum Gasteiger partial charge on any atom is -1.00 e. The van der Waals surface area contributed by atoms with Crippen LogP contribution < -0.4 is 17.0 Å². The molecule has 0 aliphatic heterocycles. The number of carbonyl (C=O) groups is 1. The number of carbonyl (C=O) groups excluding carboxylic acids is 1. The molecule has 0 rings (SSSR count). The van der Waals surface area contributed by atoms with Gasteiger partial charge in [-0.3, -0.25) is 4.48 Å². The summed E-state index contributed by atoms with van der Waals surface area (Å²) in [7, 11) is 0. The third-order valence-electron chi connectivity index (χ3n) is 4.15. The number of quaternary nitrogens is 1. The molecule has 20 heavy (non-hydrogen) atoms. The highest BCUT2D eigenvalue weighted by Gasteiger charge is 2.35. The van der Waals surface area contributed by atoms with Crippen LogP contribution in [-0.2, 0) is 9.53 Å². The van der Waals surface area contributed by atoms with Gasteiger partial charge in [0.1, 0.15) is 0 Å². The van der Waals surface area contributed by atoms with Crippen molar-refractivity contribution >= 4 is 5.97 Å². The van der Waals surface area contributed by atoms with Gasteiger partial charge < -0.3 is 21.7 Å². The van der Waals surface area contributed by atoms with Crippen LogP contribution in [0.4, 0.5) is 0 Å². The lowest BCUT2D eigenvalue weighted by Crippen LogP contribution is -3.00. The third kappa shape index (κ3) is 6.40. The molecule has 0 bridgehead atoms. The first-order chi connectivity index (χ1) is 8.97. The summed E-state index contributed by atoms with van der Waals surface area (Å²) in [5, 5.41) is 0. The fourth-order valence-electron chi connectivity index (χ4n) is 2.52. The van der Waals surface area contributed by atoms with Crippen molar-refractivity contribution in [2.24, 2.45) is 0 Å². The monoisotopic (exact) mass is 349 g/mol. The average Bonchev–Trinajstić information content (AvgIpc) is 2.41. The SMILES string of the molecule is C=C(C)C(=O)OC(CCCCC)[N+](CC)(CC)CC.[Br-]. The lowest BCUT2D eigenvalue weighted by atomic mass is 10.1. The van der Waals surface area contributed by atoms with Crippen molar-refractivity contribution in [3.05, 3.63) is 12.2 Å². The molecule has 0 aromatic carbocycles. The average molecular weight is 350 g/mol. The zero-order valence-electron chi connectivity index (χ0n) is 13.9. The Hall–Kier alpha value is -0.350. The van der Waals surface area contributed by atoms with Gasteiger partial charge in [-0.05, 0) is 34.1 Å². The molecule has 0 aromatic rings. The number of esters is 1. The van der Waals surface area contributed by atoms with Gasteiger partial charge in [0.2, 0.25) is 6.23 Å². The van der Waals surface area contributed by atoms with Crippen molar-refractivity contribution in [3.8, 4) is 0 Å². The smallest absolute Gasteiger partial charge is 0.337 e. The number of unbranched alkanes of at least 4 members (excludes halogenated alkanes) is 2. The van der Waals surface area contributed by atoms with Crippen molar-refractivity contribution in [1.29, 1.82) is 0 Å². The molecule has 0 saturated carbocycles. The molecule has 0 aromatic heterocycles. The third-order valence-corrected chi connectivity index (χ3v) is 4.15. The number of nitrogens with zero attached hydrogens (tertiary/aromatic N) is 1. The normalized spacial score (nSPS) is 12.4. The van der Waals surface area contributed by atoms with Crippen molar-refractivity contribution < 1.29 is 31.0 Å². The Morgan fingerprint density at radius 3 is 1.95 bits per heavy atom. The predicted molar refractivity (Wildman–Crippen MR) is 80.7 cm³/mol. The predicted octanol–water partition coefficient (Wildman–Crippen LogP) is 0.893. The minimum absolute atomic E-state index is 0. The first-order valence-corrected chi connectivity index (χ1v) is 7.69. The van der Waals surface area contributed by atoms with Gasteiger partial charge in [-0.25, -0.2) is 4.79 Å². The first-order valence-electron chi connectivity index (χ1n) is 7.69. The van der Waals surface area contributed by atoms with E-state index in [1.807, 2.05) is 0 Å². The second-order valence-electron chi connectivity index (χ2n) is 5.30. The standard InChI is InChI=1S/C16H32NO2.BrH/c1-7-11-12-13-15(19-16(18)14(5)6)17(8-2,9-3)10-4;/h15H,5,7-13H2,1-4,6H3;1H/q+1;/p-1. The minimum atomic E-state index is -0.251. The van der Waals surface area contributed by atoms with Crippen molar-refractivity contribution in [2.75, 3.05) is 19.6 Å². The Morgan fingerprint density at radius 2 is 1.60 bits per heavy atom. The van der Waals surface area contributed by atoms with E-state index in [2.05, 4.69) is 34.3 Å². The summed E-state index contributed by atoms with van der Waals surface area (Å²) in [6.07, 6.45) is 4.41. The quantitative estimate of drug-likeness (QED) is 0.192. The molecule has 120 valence electrons. The highest BCUT2D eigenvalue weighted by atomic mass is 79.9. The van der Waals surface area contributed by atoms with Gasteiger partial charge in [0.25, 0.3) is 0 Å². The van der Waals surface area contributed by atoms with Gasteiger partial charge in [-0.2, -0.15) is 0 Å². The number of rotatable bonds is 10. The molecule has 0 aliphatic carbocycles. The highest BCUT2D eigenvalue weighted by Crippen LogP contribution is 2.21. The van der Waals surface area contributed by atoms with Crippen molar-refractivity contribution in [3.63, 3.8) is 0 Å². The topological polar surface area (TPSA) is 26.3 Å². The summed E-state index contributed by atoms with van der Waals surface area (Å²) in [6, 6.07) is 0. The lowest BCUT2D eigenvalue weighted by molar-refractivity contribution is -0.965. The van der Waals surface area contributed by atoms with Crippen LogP contribution in [0.2, 0.25) is 0 Å². The van der Waals surface area contributed by atoms with E-state index in [-0.39, 0.29) is 29.2 Å². The fraction of sp³-hybridized carbons (Fsp3) is 0.812. The molecule has 1 atom stereocenters. The fourth-order valence-corrected chi connectivity index (χ4v) is 2.52.